The molecule has 0 unspecified atom stereocenters. The molecule has 4 aromatic rings. The van der Waals surface area contributed by atoms with E-state index >= 15 is 0 Å². The molecule has 0 bridgehead atoms. The highest BCUT2D eigenvalue weighted by Gasteiger charge is 2.27. The van der Waals surface area contributed by atoms with Crippen molar-refractivity contribution in [1.29, 1.82) is 0 Å². The van der Waals surface area contributed by atoms with Gasteiger partial charge in [0.05, 0.1) is 24.0 Å². The molecule has 3 N–H and O–H groups in total. The fourth-order valence-corrected chi connectivity index (χ4v) is 4.56. The van der Waals surface area contributed by atoms with Crippen molar-refractivity contribution in [2.45, 2.75) is 37.8 Å². The predicted octanol–water partition coefficient (Wildman–Crippen LogP) is 3.95. The number of carbonyl (C=O) groups is 1. The molecule has 36 heavy (non-hydrogen) atoms. The molecule has 1 fully saturated rings. The van der Waals surface area contributed by atoms with Crippen molar-refractivity contribution in [3.8, 4) is 5.69 Å². The number of pyridine rings is 2. The second-order valence-corrected chi connectivity index (χ2v) is 8.94. The Balaban J connectivity index is 1.41. The Bertz CT molecular complexity index is 1350. The molecule has 9 nitrogen and oxygen atoms in total. The van der Waals surface area contributed by atoms with Crippen LogP contribution in [0.2, 0.25) is 0 Å². The van der Waals surface area contributed by atoms with Gasteiger partial charge in [-0.15, -0.1) is 0 Å². The Kier molecular flexibility index (Phi) is 6.77. The van der Waals surface area contributed by atoms with E-state index < -0.39 is 5.82 Å². The summed E-state index contributed by atoms with van der Waals surface area (Å²) in [5.41, 5.74) is 7.68. The number of anilines is 3. The summed E-state index contributed by atoms with van der Waals surface area (Å²) in [6, 6.07) is 12.5. The Morgan fingerprint density at radius 2 is 2.06 bits per heavy atom. The second-order valence-electron chi connectivity index (χ2n) is 8.94. The number of nitrogens with two attached hydrogens (primary N) is 1. The van der Waals surface area contributed by atoms with Crippen LogP contribution in [0.3, 0.4) is 0 Å². The minimum Gasteiger partial charge on any atom is -0.468 e. The van der Waals surface area contributed by atoms with Crippen LogP contribution in [0.4, 0.5) is 21.7 Å². The third kappa shape index (κ3) is 5.13. The number of halogens is 1. The molecule has 1 aliphatic rings. The van der Waals surface area contributed by atoms with Crippen LogP contribution in [0.25, 0.3) is 16.6 Å². The number of hydrogen-bond acceptors (Lipinski definition) is 8. The Labute approximate surface area is 208 Å². The maximum atomic E-state index is 14.8. The van der Waals surface area contributed by atoms with Crippen LogP contribution in [0.15, 0.2) is 61.1 Å². The summed E-state index contributed by atoms with van der Waals surface area (Å²) in [4.78, 5) is 23.4. The third-order valence-corrected chi connectivity index (χ3v) is 6.55. The maximum Gasteiger partial charge on any atom is 0.325 e. The van der Waals surface area contributed by atoms with E-state index in [9.17, 15) is 9.18 Å². The quantitative estimate of drug-likeness (QED) is 0.376. The smallest absolute Gasteiger partial charge is 0.325 e. The average molecular weight is 490 g/mol. The van der Waals surface area contributed by atoms with Crippen LogP contribution in [0, 0.1) is 5.82 Å². The van der Waals surface area contributed by atoms with Gasteiger partial charge in [0.25, 0.3) is 0 Å². The predicted molar refractivity (Wildman–Crippen MR) is 136 cm³/mol. The van der Waals surface area contributed by atoms with E-state index in [1.807, 2.05) is 17.0 Å². The number of fused-ring (bicyclic) bond motifs is 1. The molecule has 5 rings (SSSR count). The molecule has 1 aliphatic carbocycles. The molecule has 1 saturated carbocycles. The van der Waals surface area contributed by atoms with E-state index in [-0.39, 0.29) is 24.6 Å². The highest BCUT2D eigenvalue weighted by atomic mass is 19.1. The van der Waals surface area contributed by atoms with Crippen LogP contribution in [-0.4, -0.2) is 51.5 Å². The van der Waals surface area contributed by atoms with Crippen molar-refractivity contribution >= 4 is 34.2 Å². The molecule has 1 aromatic carbocycles. The van der Waals surface area contributed by atoms with Gasteiger partial charge in [-0.1, -0.05) is 0 Å². The Morgan fingerprint density at radius 3 is 2.78 bits per heavy atom. The SMILES string of the molecule is COC(=O)CN(c1ccc2cnc(Nc3ccc(-n4cccn4)cc3F)cc2n1)[C@H]1CC[C@@H](N)CC1. The van der Waals surface area contributed by atoms with Crippen molar-refractivity contribution in [1.82, 2.24) is 19.7 Å². The fourth-order valence-electron chi connectivity index (χ4n) is 4.56. The molecule has 0 radical (unpaired) electrons. The van der Waals surface area contributed by atoms with E-state index in [1.54, 1.807) is 47.5 Å². The van der Waals surface area contributed by atoms with Crippen LogP contribution in [0.5, 0.6) is 0 Å². The summed E-state index contributed by atoms with van der Waals surface area (Å²) in [5.74, 6) is 0.394. The number of rotatable bonds is 7. The minimum atomic E-state index is -0.425. The second kappa shape index (κ2) is 10.3. The van der Waals surface area contributed by atoms with Crippen molar-refractivity contribution in [3.63, 3.8) is 0 Å². The molecular formula is C26H28FN7O2. The lowest BCUT2D eigenvalue weighted by Gasteiger charge is -2.36. The zero-order valence-corrected chi connectivity index (χ0v) is 20.0. The van der Waals surface area contributed by atoms with Crippen molar-refractivity contribution < 1.29 is 13.9 Å². The van der Waals surface area contributed by atoms with E-state index in [2.05, 4.69) is 15.4 Å². The van der Waals surface area contributed by atoms with Crippen LogP contribution in [0.1, 0.15) is 25.7 Å². The Hall–Kier alpha value is -4.05. The largest absolute Gasteiger partial charge is 0.468 e. The number of hydrogen-bond donors (Lipinski definition) is 2. The van der Waals surface area contributed by atoms with Crippen LogP contribution < -0.4 is 16.0 Å². The number of esters is 1. The van der Waals surface area contributed by atoms with Crippen molar-refractivity contribution in [3.05, 3.63) is 66.9 Å². The van der Waals surface area contributed by atoms with Gasteiger partial charge in [-0.25, -0.2) is 19.0 Å². The summed E-state index contributed by atoms with van der Waals surface area (Å²) in [6.45, 7) is 0.110. The van der Waals surface area contributed by atoms with Gasteiger partial charge in [-0.3, -0.25) is 4.79 Å². The number of nitrogens with zero attached hydrogens (tertiary/aromatic N) is 5. The first-order valence-electron chi connectivity index (χ1n) is 11.9. The van der Waals surface area contributed by atoms with E-state index in [1.165, 1.54) is 13.2 Å². The zero-order valence-electron chi connectivity index (χ0n) is 20.0. The molecule has 0 saturated heterocycles. The number of ether oxygens (including phenoxy) is 1. The van der Waals surface area contributed by atoms with Gasteiger partial charge in [0.2, 0.25) is 0 Å². The van der Waals surface area contributed by atoms with Gasteiger partial charge in [0, 0.05) is 48.2 Å². The standard InChI is InChI=1S/C26H28FN7O2/c1-36-26(35)16-33(19-6-4-18(28)5-7-19)25-10-3-17-15-29-24(14-23(17)32-25)31-22-9-8-20(13-21(22)27)34-12-2-11-30-34/h2-3,8-15,18-19H,4-7,16,28H2,1H3,(H,29,31)/t18-,19+. The number of methoxy groups -OCH3 is 1. The van der Waals surface area contributed by atoms with E-state index in [0.29, 0.717) is 28.5 Å². The topological polar surface area (TPSA) is 111 Å². The molecule has 0 atom stereocenters. The highest BCUT2D eigenvalue weighted by molar-refractivity contribution is 5.83. The van der Waals surface area contributed by atoms with Gasteiger partial charge in [-0.2, -0.15) is 5.10 Å². The average Bonchev–Trinajstić information content (AvgIpc) is 3.44. The van der Waals surface area contributed by atoms with Crippen molar-refractivity contribution in [2.24, 2.45) is 5.73 Å². The molecule has 0 spiro atoms. The monoisotopic (exact) mass is 489 g/mol. The number of benzene rings is 1. The Morgan fingerprint density at radius 1 is 1.22 bits per heavy atom. The fraction of sp³-hybridized carbons (Fsp3) is 0.308. The molecule has 10 heteroatoms. The highest BCUT2D eigenvalue weighted by Crippen LogP contribution is 2.29. The lowest BCUT2D eigenvalue weighted by atomic mass is 9.90. The maximum absolute atomic E-state index is 14.8. The lowest BCUT2D eigenvalue weighted by Crippen LogP contribution is -2.44. The van der Waals surface area contributed by atoms with Gasteiger partial charge in [-0.05, 0) is 56.0 Å². The van der Waals surface area contributed by atoms with Gasteiger partial charge < -0.3 is 20.7 Å². The zero-order chi connectivity index (χ0) is 25.1. The summed E-state index contributed by atoms with van der Waals surface area (Å²) < 4.78 is 21.3. The molecule has 0 aliphatic heterocycles. The molecular weight excluding hydrogens is 461 g/mol. The molecule has 3 heterocycles. The van der Waals surface area contributed by atoms with E-state index in [0.717, 1.165) is 31.1 Å². The normalized spacial score (nSPS) is 17.6. The number of carbonyl (C=O) groups excluding carboxylic acids is 1. The summed E-state index contributed by atoms with van der Waals surface area (Å²) >= 11 is 0. The van der Waals surface area contributed by atoms with E-state index in [4.69, 9.17) is 15.5 Å². The first kappa shape index (κ1) is 23.7. The first-order chi connectivity index (χ1) is 17.5. The molecule has 3 aromatic heterocycles. The molecule has 186 valence electrons. The summed E-state index contributed by atoms with van der Waals surface area (Å²) in [6.07, 6.45) is 8.65. The van der Waals surface area contributed by atoms with Crippen molar-refractivity contribution in [2.75, 3.05) is 23.9 Å². The summed E-state index contributed by atoms with van der Waals surface area (Å²) in [5, 5.41) is 8.00. The summed E-state index contributed by atoms with van der Waals surface area (Å²) in [7, 11) is 1.38. The molecule has 0 amide bonds. The van der Waals surface area contributed by atoms with Gasteiger partial charge in [0.1, 0.15) is 24.0 Å². The third-order valence-electron chi connectivity index (χ3n) is 6.55. The van der Waals surface area contributed by atoms with Crippen LogP contribution in [-0.2, 0) is 9.53 Å². The first-order valence-corrected chi connectivity index (χ1v) is 11.9. The van der Waals surface area contributed by atoms with Crippen LogP contribution >= 0.6 is 0 Å². The van der Waals surface area contributed by atoms with Gasteiger partial charge >= 0.3 is 5.97 Å². The number of nitrogens with one attached hydrogen (secondary N) is 1. The lowest BCUT2D eigenvalue weighted by molar-refractivity contribution is -0.139. The minimum absolute atomic E-state index is 0.110. The van der Waals surface area contributed by atoms with Gasteiger partial charge in [0.15, 0.2) is 0 Å². The number of aromatic nitrogens is 4.